The fourth-order valence-corrected chi connectivity index (χ4v) is 10.4. The predicted molar refractivity (Wildman–Crippen MR) is 224 cm³/mol. The number of ether oxygens (including phenoxy) is 1. The molecule has 1 aromatic carbocycles. The summed E-state index contributed by atoms with van der Waals surface area (Å²) in [4.78, 5) is 59.8. The minimum Gasteiger partial charge on any atom is -0.374 e. The lowest BCUT2D eigenvalue weighted by atomic mass is 9.84. The third-order valence-electron chi connectivity index (χ3n) is 13.7. The Kier molecular flexibility index (Phi) is 10.8. The molecule has 2 N–H and O–H groups in total. The maximum absolute atomic E-state index is 15.7. The Labute approximate surface area is 363 Å². The van der Waals surface area contributed by atoms with Crippen molar-refractivity contribution in [3.8, 4) is 11.8 Å². The number of rotatable bonds is 9. The van der Waals surface area contributed by atoms with Crippen LogP contribution in [0.1, 0.15) is 97.9 Å². The van der Waals surface area contributed by atoms with Crippen molar-refractivity contribution >= 4 is 45.9 Å². The molecule has 1 saturated carbocycles. The van der Waals surface area contributed by atoms with Crippen LogP contribution >= 0.6 is 0 Å². The molecule has 0 spiro atoms. The molecule has 5 aliphatic rings. The number of hydrogen-bond acceptors (Lipinski definition) is 10. The van der Waals surface area contributed by atoms with Crippen LogP contribution in [-0.2, 0) is 21.4 Å². The van der Waals surface area contributed by atoms with Gasteiger partial charge in [-0.05, 0) is 75.6 Å². The number of nitrogens with one attached hydrogen (secondary N) is 2. The molecule has 4 saturated heterocycles. The maximum atomic E-state index is 15.7. The van der Waals surface area contributed by atoms with Crippen molar-refractivity contribution in [2.75, 3.05) is 43.0 Å². The number of aryl methyl sites for hydroxylation is 1. The molecule has 2 unspecified atom stereocenters. The first kappa shape index (κ1) is 41.9. The van der Waals surface area contributed by atoms with Crippen molar-refractivity contribution in [1.82, 2.24) is 43.7 Å². The molecule has 8 heterocycles. The minimum atomic E-state index is -2.98. The Morgan fingerprint density at radius 3 is 2.64 bits per heavy atom. The number of para-hydroxylation sites is 1. The van der Waals surface area contributed by atoms with Gasteiger partial charge in [-0.3, -0.25) is 38.4 Å². The van der Waals surface area contributed by atoms with Crippen LogP contribution in [0.2, 0.25) is 0 Å². The third kappa shape index (κ3) is 7.71. The van der Waals surface area contributed by atoms with E-state index in [1.807, 2.05) is 6.07 Å². The van der Waals surface area contributed by atoms with Crippen LogP contribution in [0.5, 0.6) is 0 Å². The molecule has 2 bridgehead atoms. The number of nitrogens with zero attached hydrogens (tertiary/aromatic N) is 9. The fraction of sp³-hybridized carbons (Fsp3) is 0.523. The van der Waals surface area contributed by atoms with E-state index in [0.29, 0.717) is 80.0 Å². The number of alkyl halides is 4. The van der Waals surface area contributed by atoms with Crippen LogP contribution in [0.25, 0.3) is 16.7 Å². The van der Waals surface area contributed by atoms with Crippen molar-refractivity contribution in [3.05, 3.63) is 70.2 Å². The van der Waals surface area contributed by atoms with Gasteiger partial charge in [0.1, 0.15) is 17.4 Å². The third-order valence-corrected chi connectivity index (χ3v) is 13.7. The largest absolute Gasteiger partial charge is 0.374 e. The molecule has 20 heteroatoms. The molecule has 64 heavy (non-hydrogen) atoms. The average molecular weight is 886 g/mol. The first-order valence-corrected chi connectivity index (χ1v) is 21.8. The quantitative estimate of drug-likeness (QED) is 0.119. The Hall–Kier alpha value is -6.07. The Morgan fingerprint density at radius 2 is 1.91 bits per heavy atom. The van der Waals surface area contributed by atoms with Gasteiger partial charge >= 0.3 is 5.69 Å². The number of anilines is 2. The summed E-state index contributed by atoms with van der Waals surface area (Å²) in [6, 6.07) is 6.11. The summed E-state index contributed by atoms with van der Waals surface area (Å²) < 4.78 is 71.4. The molecular weight excluding hydrogens is 839 g/mol. The van der Waals surface area contributed by atoms with E-state index in [4.69, 9.17) is 9.72 Å². The van der Waals surface area contributed by atoms with Gasteiger partial charge in [0.05, 0.1) is 59.8 Å². The fourth-order valence-electron chi connectivity index (χ4n) is 10.4. The van der Waals surface area contributed by atoms with Crippen molar-refractivity contribution in [1.29, 1.82) is 0 Å². The Balaban J connectivity index is 0.741. The highest BCUT2D eigenvalue weighted by Crippen LogP contribution is 2.39. The smallest absolute Gasteiger partial charge is 0.329 e. The monoisotopic (exact) mass is 885 g/mol. The summed E-state index contributed by atoms with van der Waals surface area (Å²) >= 11 is 0. The maximum Gasteiger partial charge on any atom is 0.329 e. The molecule has 10 rings (SSSR count). The number of fused-ring (bicyclic) bond motifs is 4. The van der Waals surface area contributed by atoms with E-state index in [1.165, 1.54) is 30.7 Å². The molecule has 4 atom stereocenters. The minimum absolute atomic E-state index is 0.0380. The average Bonchev–Trinajstić information content (AvgIpc) is 4.12. The number of imide groups is 1. The summed E-state index contributed by atoms with van der Waals surface area (Å²) in [5.41, 5.74) is 0.838. The van der Waals surface area contributed by atoms with Gasteiger partial charge in [0.2, 0.25) is 11.8 Å². The lowest BCUT2D eigenvalue weighted by Crippen LogP contribution is -2.49. The lowest BCUT2D eigenvalue weighted by Gasteiger charge is -2.40. The van der Waals surface area contributed by atoms with E-state index in [1.54, 1.807) is 36.3 Å². The van der Waals surface area contributed by atoms with Gasteiger partial charge in [0, 0.05) is 51.3 Å². The zero-order valence-corrected chi connectivity index (χ0v) is 35.1. The van der Waals surface area contributed by atoms with E-state index in [0.717, 1.165) is 6.42 Å². The highest BCUT2D eigenvalue weighted by molar-refractivity contribution is 6.08. The molecule has 336 valence electrons. The topological polar surface area (TPSA) is 166 Å². The first-order chi connectivity index (χ1) is 30.8. The van der Waals surface area contributed by atoms with E-state index in [9.17, 15) is 28.0 Å². The van der Waals surface area contributed by atoms with Gasteiger partial charge in [-0.1, -0.05) is 17.9 Å². The van der Waals surface area contributed by atoms with E-state index < -0.39 is 54.1 Å². The molecule has 1 aliphatic carbocycles. The number of benzene rings is 1. The van der Waals surface area contributed by atoms with Crippen LogP contribution in [0.3, 0.4) is 0 Å². The van der Waals surface area contributed by atoms with Gasteiger partial charge in [0.25, 0.3) is 18.3 Å². The zero-order valence-electron chi connectivity index (χ0n) is 35.1. The molecular formula is C44H47F4N11O5. The van der Waals surface area contributed by atoms with Crippen molar-refractivity contribution in [3.63, 3.8) is 0 Å². The molecule has 4 aliphatic heterocycles. The van der Waals surface area contributed by atoms with Gasteiger partial charge < -0.3 is 15.0 Å². The summed E-state index contributed by atoms with van der Waals surface area (Å²) in [5.74, 6) is 1.30. The molecule has 0 radical (unpaired) electrons. The molecule has 16 nitrogen and oxygen atoms in total. The van der Waals surface area contributed by atoms with Gasteiger partial charge in [-0.2, -0.15) is 10.2 Å². The van der Waals surface area contributed by atoms with Crippen molar-refractivity contribution in [2.24, 2.45) is 18.9 Å². The number of carbonyl (C=O) groups excluding carboxylic acids is 3. The Bertz CT molecular complexity index is 2780. The molecule has 3 amide bonds. The van der Waals surface area contributed by atoms with Gasteiger partial charge in [0.15, 0.2) is 11.3 Å². The number of amides is 3. The SMILES string of the molecule is Cn1c(=O)n(C2CCC(=O)NC2=O)c2cccc(C#CCC3CCN(C[C@H]4CC[C@H](n5cc(NC(=O)c6cnn7ccc(N8C[C@H]9C[C@@H]8CO9)nc67)c(C(F)F)n5)CC4)CC3(F)F)c21. The van der Waals surface area contributed by atoms with Gasteiger partial charge in [-0.15, -0.1) is 0 Å². The van der Waals surface area contributed by atoms with Crippen molar-refractivity contribution in [2.45, 2.75) is 94.4 Å². The van der Waals surface area contributed by atoms with Crippen LogP contribution in [-0.4, -0.2) is 107 Å². The molecule has 4 aromatic heterocycles. The number of piperidine rings is 2. The number of aromatic nitrogens is 7. The van der Waals surface area contributed by atoms with Crippen LogP contribution < -0.4 is 21.2 Å². The van der Waals surface area contributed by atoms with Crippen LogP contribution in [0.15, 0.2) is 47.7 Å². The summed E-state index contributed by atoms with van der Waals surface area (Å²) in [7, 11) is 1.57. The Morgan fingerprint density at radius 1 is 1.08 bits per heavy atom. The zero-order chi connectivity index (χ0) is 44.4. The second-order valence-corrected chi connectivity index (χ2v) is 17.8. The van der Waals surface area contributed by atoms with Gasteiger partial charge in [-0.25, -0.2) is 31.9 Å². The predicted octanol–water partition coefficient (Wildman–Crippen LogP) is 4.85. The highest BCUT2D eigenvalue weighted by atomic mass is 19.3. The standard InChI is InChI=1S/C44H47F4N11O5/c1-54-38-26(5-3-7-33(38)59(43(54)63)34-12-13-36(60)52-42(34)62)4-2-6-27-14-16-55(24-44(27,47)48)20-25-8-10-28(11-9-25)58-22-32(37(53-58)39(45)46)50-41(61)31-19-49-57-17-15-35(51-40(31)57)56-21-30-18-29(56)23-64-30/h3,5,7,15,17,19,22,25,27-30,34,39H,6,8-14,16,18,20-21,23-24H2,1H3,(H,50,61)(H,52,60,62)/t25-,27?,28-,29-,30-,34?/m1/s1. The van der Waals surface area contributed by atoms with Crippen LogP contribution in [0.4, 0.5) is 29.1 Å². The van der Waals surface area contributed by atoms with E-state index in [2.05, 4.69) is 37.6 Å². The summed E-state index contributed by atoms with van der Waals surface area (Å²) in [5, 5.41) is 13.4. The molecule has 5 fully saturated rings. The van der Waals surface area contributed by atoms with E-state index in [-0.39, 0.29) is 66.9 Å². The first-order valence-electron chi connectivity index (χ1n) is 21.8. The lowest BCUT2D eigenvalue weighted by molar-refractivity contribution is -0.135. The molecule has 5 aromatic rings. The highest BCUT2D eigenvalue weighted by Gasteiger charge is 2.45. The summed E-state index contributed by atoms with van der Waals surface area (Å²) in [6.07, 6.45) is 5.82. The van der Waals surface area contributed by atoms with Crippen LogP contribution in [0, 0.1) is 23.7 Å². The number of likely N-dealkylation sites (tertiary alicyclic amines) is 1. The second kappa shape index (κ2) is 16.5. The van der Waals surface area contributed by atoms with Crippen molar-refractivity contribution < 1.29 is 36.7 Å². The number of halogens is 4. The number of morpholine rings is 1. The normalized spacial score (nSPS) is 25.9. The number of carbonyl (C=O) groups is 3. The number of imidazole rings is 1. The number of hydrogen-bond donors (Lipinski definition) is 2. The second-order valence-electron chi connectivity index (χ2n) is 17.8. The summed E-state index contributed by atoms with van der Waals surface area (Å²) in [6.45, 7) is 1.90. The van der Waals surface area contributed by atoms with E-state index >= 15 is 8.78 Å².